The monoisotopic (exact) mass is 878 g/mol. The Balaban J connectivity index is 1.11. The van der Waals surface area contributed by atoms with Crippen molar-refractivity contribution in [2.75, 3.05) is 9.80 Å². The fourth-order valence-corrected chi connectivity index (χ4v) is 11.8. The molecule has 0 N–H and O–H groups in total. The van der Waals surface area contributed by atoms with Gasteiger partial charge in [0.25, 0.3) is 0 Å². The molecule has 0 fully saturated rings. The molecule has 0 unspecified atom stereocenters. The molecule has 0 radical (unpaired) electrons. The minimum atomic E-state index is -0.151. The lowest BCUT2D eigenvalue weighted by Gasteiger charge is -2.29. The van der Waals surface area contributed by atoms with Crippen molar-refractivity contribution < 1.29 is 0 Å². The minimum Gasteiger partial charge on any atom is -0.309 e. The van der Waals surface area contributed by atoms with E-state index in [1.54, 1.807) is 0 Å². The Morgan fingerprint density at radius 1 is 0.304 bits per heavy atom. The average Bonchev–Trinajstić information content (AvgIpc) is 3.51. The van der Waals surface area contributed by atoms with Crippen LogP contribution in [0.4, 0.5) is 34.1 Å². The van der Waals surface area contributed by atoms with Crippen molar-refractivity contribution in [3.8, 4) is 33.4 Å². The van der Waals surface area contributed by atoms with Crippen LogP contribution in [-0.2, 0) is 5.41 Å². The lowest BCUT2D eigenvalue weighted by atomic mass is 9.80. The second kappa shape index (κ2) is 15.2. The SMILES string of the molecule is CC1(C)c2ccccc2-c2ccc(-c3c4ccc(N5c6ccccc6C=Cc6ccccc65)cc4c(-c4ccc5ccccc5c4)c4cc(N5c6ccccc6C=Cc6ccccc65)ccc34)cc21. The number of benzene rings is 11. The Morgan fingerprint density at radius 3 is 1.28 bits per heavy atom. The van der Waals surface area contributed by atoms with E-state index in [9.17, 15) is 0 Å². The Hall–Kier alpha value is -8.72. The molecule has 2 heteroatoms. The fraction of sp³-hybridized carbons (Fsp3) is 0.0448. The molecule has 11 aromatic rings. The summed E-state index contributed by atoms with van der Waals surface area (Å²) in [5.41, 5.74) is 21.7. The van der Waals surface area contributed by atoms with Crippen LogP contribution in [0.2, 0.25) is 0 Å². The van der Waals surface area contributed by atoms with Gasteiger partial charge in [-0.1, -0.05) is 196 Å². The van der Waals surface area contributed by atoms with Crippen molar-refractivity contribution in [3.05, 3.63) is 252 Å². The van der Waals surface area contributed by atoms with Gasteiger partial charge in [0.15, 0.2) is 0 Å². The summed E-state index contributed by atoms with van der Waals surface area (Å²) in [5, 5.41) is 7.30. The first-order valence-corrected chi connectivity index (χ1v) is 24.1. The molecule has 0 bridgehead atoms. The molecule has 69 heavy (non-hydrogen) atoms. The molecule has 0 atom stereocenters. The zero-order valence-corrected chi connectivity index (χ0v) is 38.5. The Morgan fingerprint density at radius 2 is 0.725 bits per heavy atom. The summed E-state index contributed by atoms with van der Waals surface area (Å²) in [6.07, 6.45) is 9.02. The van der Waals surface area contributed by atoms with E-state index >= 15 is 0 Å². The standard InChI is InChI=1S/C67H46N2/c1-67(2)59-22-10-9-21-53(59)54-36-33-50(40-60(54)67)65-55-37-34-51(68-61-23-11-5-16-44(61)28-29-45-17-6-12-24-62(45)68)41-57(55)66(49-32-27-43-15-3-4-20-48(43)39-49)58-42-52(35-38-56(58)65)69-63-25-13-7-18-46(63)30-31-47-19-8-14-26-64(47)69/h3-42H,1-2H3. The highest BCUT2D eigenvalue weighted by atomic mass is 15.2. The predicted molar refractivity (Wildman–Crippen MR) is 295 cm³/mol. The third-order valence-electron chi connectivity index (χ3n) is 15.1. The van der Waals surface area contributed by atoms with Gasteiger partial charge in [-0.2, -0.15) is 0 Å². The van der Waals surface area contributed by atoms with Gasteiger partial charge in [0, 0.05) is 16.8 Å². The molecule has 14 rings (SSSR count). The van der Waals surface area contributed by atoms with E-state index < -0.39 is 0 Å². The molecule has 0 saturated heterocycles. The molecule has 0 saturated carbocycles. The second-order valence-corrected chi connectivity index (χ2v) is 19.3. The second-order valence-electron chi connectivity index (χ2n) is 19.3. The van der Waals surface area contributed by atoms with E-state index in [0.29, 0.717) is 0 Å². The zero-order valence-electron chi connectivity index (χ0n) is 38.5. The molecule has 324 valence electrons. The molecular weight excluding hydrogens is 833 g/mol. The highest BCUT2D eigenvalue weighted by molar-refractivity contribution is 6.23. The summed E-state index contributed by atoms with van der Waals surface area (Å²) in [5.74, 6) is 0. The third-order valence-corrected chi connectivity index (χ3v) is 15.1. The molecular formula is C67H46N2. The van der Waals surface area contributed by atoms with Crippen molar-refractivity contribution in [1.29, 1.82) is 0 Å². The van der Waals surface area contributed by atoms with Crippen LogP contribution in [0.1, 0.15) is 47.2 Å². The molecule has 0 amide bonds. The first-order valence-electron chi connectivity index (χ1n) is 24.1. The van der Waals surface area contributed by atoms with Crippen molar-refractivity contribution in [1.82, 2.24) is 0 Å². The van der Waals surface area contributed by atoms with Crippen LogP contribution in [-0.4, -0.2) is 0 Å². The molecule has 0 aromatic heterocycles. The normalized spacial score (nSPS) is 13.9. The van der Waals surface area contributed by atoms with Crippen molar-refractivity contribution >= 4 is 90.7 Å². The number of anilines is 6. The van der Waals surface area contributed by atoms with Crippen molar-refractivity contribution in [3.63, 3.8) is 0 Å². The number of nitrogens with zero attached hydrogens (tertiary/aromatic N) is 2. The number of hydrogen-bond donors (Lipinski definition) is 0. The first kappa shape index (κ1) is 39.4. The predicted octanol–water partition coefficient (Wildman–Crippen LogP) is 18.7. The molecule has 0 spiro atoms. The van der Waals surface area contributed by atoms with Crippen molar-refractivity contribution in [2.45, 2.75) is 19.3 Å². The van der Waals surface area contributed by atoms with Gasteiger partial charge in [-0.25, -0.2) is 0 Å². The average molecular weight is 879 g/mol. The van der Waals surface area contributed by atoms with Crippen LogP contribution >= 0.6 is 0 Å². The topological polar surface area (TPSA) is 6.48 Å². The van der Waals surface area contributed by atoms with Gasteiger partial charge < -0.3 is 9.80 Å². The van der Waals surface area contributed by atoms with E-state index in [0.717, 1.165) is 34.1 Å². The maximum Gasteiger partial charge on any atom is 0.0534 e. The van der Waals surface area contributed by atoms with Gasteiger partial charge in [0.05, 0.1) is 22.7 Å². The summed E-state index contributed by atoms with van der Waals surface area (Å²) < 4.78 is 0. The smallest absolute Gasteiger partial charge is 0.0534 e. The van der Waals surface area contributed by atoms with E-state index in [4.69, 9.17) is 0 Å². The van der Waals surface area contributed by atoms with Crippen LogP contribution in [0, 0.1) is 0 Å². The largest absolute Gasteiger partial charge is 0.309 e. The van der Waals surface area contributed by atoms with Crippen LogP contribution in [0.25, 0.3) is 90.0 Å². The number of para-hydroxylation sites is 4. The Labute approximate surface area is 403 Å². The van der Waals surface area contributed by atoms with E-state index in [2.05, 4.69) is 266 Å². The van der Waals surface area contributed by atoms with Gasteiger partial charge >= 0.3 is 0 Å². The van der Waals surface area contributed by atoms with Crippen LogP contribution in [0.15, 0.2) is 218 Å². The summed E-state index contributed by atoms with van der Waals surface area (Å²) in [6.45, 7) is 4.77. The highest BCUT2D eigenvalue weighted by Crippen LogP contribution is 2.54. The zero-order chi connectivity index (χ0) is 45.8. The quantitative estimate of drug-likeness (QED) is 0.163. The lowest BCUT2D eigenvalue weighted by molar-refractivity contribution is 0.660. The molecule has 2 heterocycles. The van der Waals surface area contributed by atoms with E-state index in [1.165, 1.54) is 99.1 Å². The van der Waals surface area contributed by atoms with E-state index in [1.807, 2.05) is 0 Å². The summed E-state index contributed by atoms with van der Waals surface area (Å²) in [4.78, 5) is 4.92. The van der Waals surface area contributed by atoms with Crippen LogP contribution < -0.4 is 9.80 Å². The molecule has 2 aliphatic heterocycles. The van der Waals surface area contributed by atoms with Gasteiger partial charge in [-0.3, -0.25) is 0 Å². The minimum absolute atomic E-state index is 0.151. The lowest BCUT2D eigenvalue weighted by Crippen LogP contribution is -2.15. The molecule has 11 aromatic carbocycles. The Bertz CT molecular complexity index is 3750. The fourth-order valence-electron chi connectivity index (χ4n) is 11.8. The number of rotatable bonds is 4. The summed E-state index contributed by atoms with van der Waals surface area (Å²) >= 11 is 0. The first-order chi connectivity index (χ1) is 34.0. The summed E-state index contributed by atoms with van der Waals surface area (Å²) in [6, 6.07) is 81.5. The van der Waals surface area contributed by atoms with E-state index in [-0.39, 0.29) is 5.41 Å². The maximum atomic E-state index is 2.50. The van der Waals surface area contributed by atoms with Gasteiger partial charge in [-0.15, -0.1) is 0 Å². The highest BCUT2D eigenvalue weighted by Gasteiger charge is 2.36. The van der Waals surface area contributed by atoms with Gasteiger partial charge in [0.1, 0.15) is 0 Å². The molecule has 3 aliphatic rings. The van der Waals surface area contributed by atoms with Gasteiger partial charge in [0.2, 0.25) is 0 Å². The maximum absolute atomic E-state index is 2.50. The number of fused-ring (bicyclic) bond motifs is 10. The molecule has 1 aliphatic carbocycles. The Kier molecular flexibility index (Phi) is 8.66. The van der Waals surface area contributed by atoms with Crippen LogP contribution in [0.5, 0.6) is 0 Å². The van der Waals surface area contributed by atoms with Gasteiger partial charge in [-0.05, 0) is 160 Å². The number of hydrogen-bond acceptors (Lipinski definition) is 2. The summed E-state index contributed by atoms with van der Waals surface area (Å²) in [7, 11) is 0. The third kappa shape index (κ3) is 6.05. The van der Waals surface area contributed by atoms with Crippen LogP contribution in [0.3, 0.4) is 0 Å². The molecule has 2 nitrogen and oxygen atoms in total. The van der Waals surface area contributed by atoms with Crippen molar-refractivity contribution in [2.24, 2.45) is 0 Å².